The number of carbonyl (C=O) groups excluding carboxylic acids is 2. The first-order valence-corrected chi connectivity index (χ1v) is 13.7. The molecule has 1 saturated heterocycles. The van der Waals surface area contributed by atoms with Crippen LogP contribution in [-0.4, -0.2) is 56.2 Å². The second kappa shape index (κ2) is 10.2. The Morgan fingerprint density at radius 3 is 2.74 bits per heavy atom. The van der Waals surface area contributed by atoms with Gasteiger partial charge in [-0.25, -0.2) is 8.42 Å². The summed E-state index contributed by atoms with van der Waals surface area (Å²) in [6.07, 6.45) is 0.956. The number of thiophene rings is 1. The zero-order valence-electron chi connectivity index (χ0n) is 18.3. The van der Waals surface area contributed by atoms with Crippen molar-refractivity contribution in [2.24, 2.45) is 0 Å². The molecule has 1 N–H and O–H groups in total. The Bertz CT molecular complexity index is 1340. The molecule has 0 spiro atoms. The summed E-state index contributed by atoms with van der Waals surface area (Å²) in [7, 11) is -2.27. The van der Waals surface area contributed by atoms with Crippen molar-refractivity contribution in [3.63, 3.8) is 0 Å². The van der Waals surface area contributed by atoms with E-state index in [0.717, 1.165) is 27.0 Å². The van der Waals surface area contributed by atoms with Crippen molar-refractivity contribution in [2.45, 2.75) is 29.6 Å². The maximum atomic E-state index is 13.0. The molecule has 11 heteroatoms. The number of rotatable bonds is 7. The fourth-order valence-corrected chi connectivity index (χ4v) is 6.93. The van der Waals surface area contributed by atoms with Crippen LogP contribution in [0.25, 0.3) is 10.1 Å². The standard InChI is InChI=1S/C23H23Cl2N3O4S2/c1-27(13-16-5-2-3-6-18(16)25)21(29)14-28-10-4-7-19(23(28)30)26-34(31,32)22-11-15-8-9-17(24)12-20(15)33-22/h2-3,5-6,8-9,11-12,19,26H,4,7,10,13-14H2,1H3. The zero-order chi connectivity index (χ0) is 24.5. The molecule has 4 rings (SSSR count). The monoisotopic (exact) mass is 539 g/mol. The number of piperidine rings is 1. The second-order valence-corrected chi connectivity index (χ2v) is 12.0. The normalized spacial score (nSPS) is 16.7. The summed E-state index contributed by atoms with van der Waals surface area (Å²) in [5.41, 5.74) is 0.806. The minimum absolute atomic E-state index is 0.116. The molecule has 0 aliphatic carbocycles. The lowest BCUT2D eigenvalue weighted by molar-refractivity contribution is -0.142. The van der Waals surface area contributed by atoms with Crippen LogP contribution in [0.3, 0.4) is 0 Å². The van der Waals surface area contributed by atoms with Gasteiger partial charge in [-0.05, 0) is 48.1 Å². The van der Waals surface area contributed by atoms with Gasteiger partial charge in [0.15, 0.2) is 0 Å². The number of likely N-dealkylation sites (N-methyl/N-ethyl adjacent to an activating group) is 1. The van der Waals surface area contributed by atoms with Crippen molar-refractivity contribution in [1.29, 1.82) is 0 Å². The van der Waals surface area contributed by atoms with Crippen LogP contribution in [0.1, 0.15) is 18.4 Å². The third-order valence-electron chi connectivity index (χ3n) is 5.67. The molecule has 2 heterocycles. The van der Waals surface area contributed by atoms with Crippen LogP contribution >= 0.6 is 34.5 Å². The molecule has 0 bridgehead atoms. The van der Waals surface area contributed by atoms with E-state index < -0.39 is 22.0 Å². The van der Waals surface area contributed by atoms with Gasteiger partial charge in [-0.1, -0.05) is 47.5 Å². The largest absolute Gasteiger partial charge is 0.340 e. The van der Waals surface area contributed by atoms with Gasteiger partial charge in [-0.15, -0.1) is 11.3 Å². The highest BCUT2D eigenvalue weighted by Gasteiger charge is 2.34. The third-order valence-corrected chi connectivity index (χ3v) is 9.32. The van der Waals surface area contributed by atoms with E-state index in [9.17, 15) is 18.0 Å². The number of amides is 2. The van der Waals surface area contributed by atoms with Gasteiger partial charge in [-0.2, -0.15) is 4.72 Å². The first-order valence-electron chi connectivity index (χ1n) is 10.6. The number of sulfonamides is 1. The smallest absolute Gasteiger partial charge is 0.250 e. The van der Waals surface area contributed by atoms with E-state index in [1.54, 1.807) is 37.4 Å². The summed E-state index contributed by atoms with van der Waals surface area (Å²) in [5.74, 6) is -0.656. The summed E-state index contributed by atoms with van der Waals surface area (Å²) < 4.78 is 29.4. The van der Waals surface area contributed by atoms with Gasteiger partial charge in [0.25, 0.3) is 10.0 Å². The molecule has 2 amide bonds. The van der Waals surface area contributed by atoms with Crippen molar-refractivity contribution in [2.75, 3.05) is 20.1 Å². The maximum absolute atomic E-state index is 13.0. The maximum Gasteiger partial charge on any atom is 0.250 e. The number of hydrogen-bond acceptors (Lipinski definition) is 5. The van der Waals surface area contributed by atoms with Crippen LogP contribution in [0.5, 0.6) is 0 Å². The minimum Gasteiger partial charge on any atom is -0.340 e. The zero-order valence-corrected chi connectivity index (χ0v) is 21.5. The molecule has 3 aromatic rings. The molecule has 1 fully saturated rings. The summed E-state index contributed by atoms with van der Waals surface area (Å²) >= 11 is 13.3. The summed E-state index contributed by atoms with van der Waals surface area (Å²) in [6.45, 7) is 0.579. The van der Waals surface area contributed by atoms with Crippen LogP contribution < -0.4 is 4.72 Å². The Kier molecular flexibility index (Phi) is 7.49. The van der Waals surface area contributed by atoms with Crippen molar-refractivity contribution in [3.05, 3.63) is 64.1 Å². The molecule has 34 heavy (non-hydrogen) atoms. The van der Waals surface area contributed by atoms with Crippen LogP contribution in [0.2, 0.25) is 10.0 Å². The van der Waals surface area contributed by atoms with Crippen LogP contribution in [0.4, 0.5) is 0 Å². The molecule has 0 radical (unpaired) electrons. The molecular weight excluding hydrogens is 517 g/mol. The van der Waals surface area contributed by atoms with Crippen molar-refractivity contribution >= 4 is 66.5 Å². The Morgan fingerprint density at radius 1 is 1.21 bits per heavy atom. The number of halogens is 2. The molecule has 180 valence electrons. The van der Waals surface area contributed by atoms with Crippen LogP contribution in [0.15, 0.2) is 52.7 Å². The highest BCUT2D eigenvalue weighted by Crippen LogP contribution is 2.31. The van der Waals surface area contributed by atoms with Gasteiger partial charge in [-0.3, -0.25) is 9.59 Å². The Labute approximate surface area is 212 Å². The SMILES string of the molecule is CN(Cc1ccccc1Cl)C(=O)CN1CCCC(NS(=O)(=O)c2cc3ccc(Cl)cc3s2)C1=O. The Balaban J connectivity index is 1.41. The lowest BCUT2D eigenvalue weighted by Gasteiger charge is -2.33. The third kappa shape index (κ3) is 5.55. The van der Waals surface area contributed by atoms with Gasteiger partial charge in [0, 0.05) is 34.9 Å². The van der Waals surface area contributed by atoms with Crippen molar-refractivity contribution < 1.29 is 18.0 Å². The number of nitrogens with zero attached hydrogens (tertiary/aromatic N) is 2. The summed E-state index contributed by atoms with van der Waals surface area (Å²) in [4.78, 5) is 28.7. The average Bonchev–Trinajstić information content (AvgIpc) is 3.22. The number of hydrogen-bond donors (Lipinski definition) is 1. The average molecular weight is 540 g/mol. The molecule has 0 saturated carbocycles. The topological polar surface area (TPSA) is 86.8 Å². The number of carbonyl (C=O) groups is 2. The minimum atomic E-state index is -3.91. The molecule has 1 atom stereocenters. The van der Waals surface area contributed by atoms with E-state index in [2.05, 4.69) is 4.72 Å². The van der Waals surface area contributed by atoms with E-state index in [-0.39, 0.29) is 16.7 Å². The first kappa shape index (κ1) is 24.9. The van der Waals surface area contributed by atoms with Gasteiger partial charge < -0.3 is 9.80 Å². The lowest BCUT2D eigenvalue weighted by atomic mass is 10.1. The fourth-order valence-electron chi connectivity index (χ4n) is 3.82. The van der Waals surface area contributed by atoms with Gasteiger partial charge in [0.2, 0.25) is 11.8 Å². The lowest BCUT2D eigenvalue weighted by Crippen LogP contribution is -2.54. The van der Waals surface area contributed by atoms with E-state index in [4.69, 9.17) is 23.2 Å². The number of nitrogens with one attached hydrogen (secondary N) is 1. The molecule has 7 nitrogen and oxygen atoms in total. The predicted molar refractivity (Wildman–Crippen MR) is 135 cm³/mol. The summed E-state index contributed by atoms with van der Waals surface area (Å²) in [5, 5.41) is 1.85. The highest BCUT2D eigenvalue weighted by molar-refractivity contribution is 7.91. The number of benzene rings is 2. The van der Waals surface area contributed by atoms with E-state index in [0.29, 0.717) is 36.0 Å². The molecule has 1 unspecified atom stereocenters. The van der Waals surface area contributed by atoms with Crippen molar-refractivity contribution in [1.82, 2.24) is 14.5 Å². The molecule has 1 aliphatic heterocycles. The van der Waals surface area contributed by atoms with Crippen LogP contribution in [0, 0.1) is 0 Å². The van der Waals surface area contributed by atoms with E-state index in [1.165, 1.54) is 9.80 Å². The summed E-state index contributed by atoms with van der Waals surface area (Å²) in [6, 6.07) is 13.1. The second-order valence-electron chi connectivity index (χ2n) is 8.16. The predicted octanol–water partition coefficient (Wildman–Crippen LogP) is 4.14. The Morgan fingerprint density at radius 2 is 1.97 bits per heavy atom. The van der Waals surface area contributed by atoms with Crippen molar-refractivity contribution in [3.8, 4) is 0 Å². The van der Waals surface area contributed by atoms with E-state index >= 15 is 0 Å². The van der Waals surface area contributed by atoms with Gasteiger partial charge in [0.05, 0.1) is 6.54 Å². The highest BCUT2D eigenvalue weighted by atomic mass is 35.5. The van der Waals surface area contributed by atoms with Crippen LogP contribution in [-0.2, 0) is 26.2 Å². The first-order chi connectivity index (χ1) is 16.1. The van der Waals surface area contributed by atoms with Gasteiger partial charge >= 0.3 is 0 Å². The Hall–Kier alpha value is -2.17. The quantitative estimate of drug-likeness (QED) is 0.488. The molecule has 1 aliphatic rings. The molecular formula is C23H23Cl2N3O4S2. The number of likely N-dealkylation sites (tertiary alicyclic amines) is 1. The van der Waals surface area contributed by atoms with E-state index in [1.807, 2.05) is 18.2 Å². The molecule has 2 aromatic carbocycles. The molecule has 1 aromatic heterocycles. The van der Waals surface area contributed by atoms with Gasteiger partial charge in [0.1, 0.15) is 10.3 Å². The fraction of sp³-hybridized carbons (Fsp3) is 0.304. The number of fused-ring (bicyclic) bond motifs is 1.